The molecule has 0 aromatic carbocycles. The minimum absolute atomic E-state index is 0.0751. The number of aliphatic hydroxyl groups is 1. The summed E-state index contributed by atoms with van der Waals surface area (Å²) in [6.07, 6.45) is -2.99. The second-order valence-electron chi connectivity index (χ2n) is 2.78. The molecular weight excluding hydrogens is 135 g/mol. The Labute approximate surface area is 61.4 Å². The van der Waals surface area contributed by atoms with Gasteiger partial charge in [-0.15, -0.1) is 0 Å². The fourth-order valence-corrected chi connectivity index (χ4v) is 1.01. The van der Waals surface area contributed by atoms with E-state index in [0.29, 0.717) is 6.61 Å². The first-order valence-electron chi connectivity index (χ1n) is 4.10. The fraction of sp³-hybridized carbons (Fsp3) is 1.00. The first-order valence-corrected chi connectivity index (χ1v) is 3.39. The van der Waals surface area contributed by atoms with Crippen LogP contribution in [0.1, 0.15) is 15.2 Å². The van der Waals surface area contributed by atoms with Crippen molar-refractivity contribution in [3.63, 3.8) is 0 Å². The van der Waals surface area contributed by atoms with Crippen molar-refractivity contribution in [3.8, 4) is 0 Å². The normalized spacial score (nSPS) is 50.5. The third-order valence-electron chi connectivity index (χ3n) is 1.82. The maximum absolute atomic E-state index is 13.0. The first kappa shape index (κ1) is 6.55. The Morgan fingerprint density at radius 3 is 3.10 bits per heavy atom. The van der Waals surface area contributed by atoms with E-state index in [-0.39, 0.29) is 12.8 Å². The predicted molar refractivity (Wildman–Crippen MR) is 35.5 cm³/mol. The molecule has 1 heterocycles. The fourth-order valence-electron chi connectivity index (χ4n) is 1.01. The number of ether oxygens (including phenoxy) is 1. The molecule has 1 fully saturated rings. The molecule has 2 nitrogen and oxygen atoms in total. The van der Waals surface area contributed by atoms with E-state index >= 15 is 0 Å². The van der Waals surface area contributed by atoms with Crippen LogP contribution in [0.25, 0.3) is 0 Å². The summed E-state index contributed by atoms with van der Waals surface area (Å²) < 4.78 is 25.0. The van der Waals surface area contributed by atoms with Crippen LogP contribution in [-0.4, -0.2) is 30.1 Å². The lowest BCUT2D eigenvalue weighted by molar-refractivity contribution is -0.128. The van der Waals surface area contributed by atoms with Crippen molar-refractivity contribution in [2.24, 2.45) is 5.92 Å². The van der Waals surface area contributed by atoms with Gasteiger partial charge < -0.3 is 9.84 Å². The highest BCUT2D eigenvalue weighted by atomic mass is 19.1. The van der Waals surface area contributed by atoms with Gasteiger partial charge in [0.15, 0.2) is 0 Å². The lowest BCUT2D eigenvalue weighted by atomic mass is 9.96. The molecule has 0 amide bonds. The largest absolute Gasteiger partial charge is 0.387 e. The zero-order valence-electron chi connectivity index (χ0n) is 6.96. The van der Waals surface area contributed by atoms with Gasteiger partial charge in [-0.05, 0) is 6.90 Å². The van der Waals surface area contributed by atoms with Crippen LogP contribution in [0, 0.1) is 5.92 Å². The van der Waals surface area contributed by atoms with E-state index in [1.54, 1.807) is 6.92 Å². The van der Waals surface area contributed by atoms with Gasteiger partial charge >= 0.3 is 0 Å². The molecule has 0 bridgehead atoms. The maximum Gasteiger partial charge on any atom is 0.133 e. The molecule has 4 atom stereocenters. The molecule has 1 unspecified atom stereocenters. The topological polar surface area (TPSA) is 29.5 Å². The highest BCUT2D eigenvalue weighted by Crippen LogP contribution is 2.22. The Kier molecular flexibility index (Phi) is 1.86. The SMILES string of the molecule is [2H]C[C@H]1OC[C@@H](C)[C@@H](F)C1O. The second-order valence-corrected chi connectivity index (χ2v) is 2.78. The van der Waals surface area contributed by atoms with Crippen LogP contribution in [0.15, 0.2) is 0 Å². The summed E-state index contributed by atoms with van der Waals surface area (Å²) in [5.74, 6) is -0.257. The van der Waals surface area contributed by atoms with Crippen LogP contribution >= 0.6 is 0 Å². The van der Waals surface area contributed by atoms with Gasteiger partial charge in [0.05, 0.1) is 12.7 Å². The quantitative estimate of drug-likeness (QED) is 0.550. The molecule has 0 aliphatic carbocycles. The molecule has 0 radical (unpaired) electrons. The van der Waals surface area contributed by atoms with Gasteiger partial charge in [-0.2, -0.15) is 0 Å². The van der Waals surface area contributed by atoms with Crippen molar-refractivity contribution < 1.29 is 15.6 Å². The van der Waals surface area contributed by atoms with E-state index < -0.39 is 18.4 Å². The summed E-state index contributed by atoms with van der Waals surface area (Å²) in [5, 5.41) is 9.19. The standard InChI is InChI=1S/C7H13FO2/c1-4-3-10-5(2)7(9)6(4)8/h4-7,9H,3H2,1-2H3/t4-,5-,6-,7?/m1/s1/i2D. The van der Waals surface area contributed by atoms with Gasteiger partial charge in [-0.3, -0.25) is 0 Å². The van der Waals surface area contributed by atoms with Gasteiger partial charge in [0.25, 0.3) is 0 Å². The van der Waals surface area contributed by atoms with Crippen LogP contribution in [0.5, 0.6) is 0 Å². The molecule has 1 saturated heterocycles. The van der Waals surface area contributed by atoms with Crippen molar-refractivity contribution in [3.05, 3.63) is 0 Å². The van der Waals surface area contributed by atoms with Gasteiger partial charge in [0.2, 0.25) is 0 Å². The van der Waals surface area contributed by atoms with E-state index in [2.05, 4.69) is 0 Å². The first-order chi connectivity index (χ1) is 5.16. The van der Waals surface area contributed by atoms with E-state index in [0.717, 1.165) is 0 Å². The molecule has 0 spiro atoms. The van der Waals surface area contributed by atoms with Crippen LogP contribution in [0.3, 0.4) is 0 Å². The minimum Gasteiger partial charge on any atom is -0.387 e. The van der Waals surface area contributed by atoms with Crippen molar-refractivity contribution in [2.45, 2.75) is 32.2 Å². The van der Waals surface area contributed by atoms with E-state index in [4.69, 9.17) is 6.11 Å². The third kappa shape index (κ3) is 1.30. The number of hydrogen-bond acceptors (Lipinski definition) is 2. The highest BCUT2D eigenvalue weighted by Gasteiger charge is 2.34. The van der Waals surface area contributed by atoms with Gasteiger partial charge in [0.1, 0.15) is 12.3 Å². The van der Waals surface area contributed by atoms with E-state index in [1.807, 2.05) is 0 Å². The molecule has 3 heteroatoms. The Morgan fingerprint density at radius 2 is 2.50 bits per heavy atom. The summed E-state index contributed by atoms with van der Waals surface area (Å²) in [6.45, 7) is 1.92. The summed E-state index contributed by atoms with van der Waals surface area (Å²) in [5.41, 5.74) is 0. The Bertz CT molecular complexity index is 132. The molecule has 0 aromatic rings. The lowest BCUT2D eigenvalue weighted by Crippen LogP contribution is -2.45. The Morgan fingerprint density at radius 1 is 1.80 bits per heavy atom. The highest BCUT2D eigenvalue weighted by molar-refractivity contribution is 4.82. The summed E-state index contributed by atoms with van der Waals surface area (Å²) in [4.78, 5) is 0. The zero-order valence-corrected chi connectivity index (χ0v) is 5.96. The van der Waals surface area contributed by atoms with Crippen LogP contribution in [0.2, 0.25) is 0 Å². The molecule has 60 valence electrons. The van der Waals surface area contributed by atoms with Crippen molar-refractivity contribution in [1.82, 2.24) is 0 Å². The van der Waals surface area contributed by atoms with E-state index in [1.165, 1.54) is 0 Å². The smallest absolute Gasteiger partial charge is 0.133 e. The maximum atomic E-state index is 13.0. The zero-order chi connectivity index (χ0) is 8.43. The molecule has 1 N–H and O–H groups in total. The molecule has 1 aliphatic heterocycles. The summed E-state index contributed by atoms with van der Waals surface area (Å²) >= 11 is 0. The number of aliphatic hydroxyl groups excluding tert-OH is 1. The number of rotatable bonds is 0. The van der Waals surface area contributed by atoms with Crippen molar-refractivity contribution in [1.29, 1.82) is 0 Å². The van der Waals surface area contributed by atoms with Crippen LogP contribution < -0.4 is 0 Å². The number of halogens is 1. The Hall–Kier alpha value is -0.150. The average molecular weight is 149 g/mol. The third-order valence-corrected chi connectivity index (χ3v) is 1.82. The van der Waals surface area contributed by atoms with Crippen LogP contribution in [-0.2, 0) is 4.74 Å². The number of alkyl halides is 1. The summed E-state index contributed by atoms with van der Waals surface area (Å²) in [6, 6.07) is 0. The molecule has 1 rings (SSSR count). The summed E-state index contributed by atoms with van der Waals surface area (Å²) in [7, 11) is 0. The average Bonchev–Trinajstić information content (AvgIpc) is 2.01. The monoisotopic (exact) mass is 149 g/mol. The second kappa shape index (κ2) is 2.84. The Balaban J connectivity index is 2.52. The van der Waals surface area contributed by atoms with Crippen molar-refractivity contribution >= 4 is 0 Å². The lowest BCUT2D eigenvalue weighted by Gasteiger charge is -2.32. The van der Waals surface area contributed by atoms with Gasteiger partial charge in [0, 0.05) is 7.29 Å². The van der Waals surface area contributed by atoms with Gasteiger partial charge in [-0.25, -0.2) is 4.39 Å². The van der Waals surface area contributed by atoms with Crippen molar-refractivity contribution in [2.75, 3.05) is 6.61 Å². The molecule has 1 aliphatic rings. The van der Waals surface area contributed by atoms with Gasteiger partial charge in [-0.1, -0.05) is 6.92 Å². The molecule has 0 aromatic heterocycles. The van der Waals surface area contributed by atoms with E-state index in [9.17, 15) is 9.50 Å². The molecular formula is C7H13FO2. The van der Waals surface area contributed by atoms with Crippen LogP contribution in [0.4, 0.5) is 4.39 Å². The molecule has 10 heavy (non-hydrogen) atoms. The predicted octanol–water partition coefficient (Wildman–Crippen LogP) is 0.740. The number of hydrogen-bond donors (Lipinski definition) is 1. The molecule has 0 saturated carbocycles. The minimum atomic E-state index is -1.24.